The molecule has 0 atom stereocenters. The van der Waals surface area contributed by atoms with Gasteiger partial charge in [0.05, 0.1) is 27.9 Å². The fraction of sp³-hybridized carbons (Fsp3) is 0.115. The van der Waals surface area contributed by atoms with Gasteiger partial charge in [0.2, 0.25) is 0 Å². The van der Waals surface area contributed by atoms with Crippen LogP contribution in [-0.2, 0) is 4.79 Å². The Bertz CT molecular complexity index is 1460. The van der Waals surface area contributed by atoms with Crippen LogP contribution in [0, 0.1) is 13.8 Å². The Balaban J connectivity index is 1.84. The molecule has 0 unspecified atom stereocenters. The largest absolute Gasteiger partial charge is 0.311 e. The summed E-state index contributed by atoms with van der Waals surface area (Å²) in [5, 5.41) is 0.539. The van der Waals surface area contributed by atoms with Crippen LogP contribution >= 0.6 is 0 Å². The minimum absolute atomic E-state index is 0.112. The topological polar surface area (TPSA) is 55.2 Å². The molecule has 152 valence electrons. The van der Waals surface area contributed by atoms with Crippen LogP contribution in [0.5, 0.6) is 0 Å². The summed E-state index contributed by atoms with van der Waals surface area (Å²) in [5.41, 5.74) is 5.50. The molecule has 1 aliphatic rings. The molecular formula is C26H21N3O2. The third-order valence-electron chi connectivity index (χ3n) is 5.67. The van der Waals surface area contributed by atoms with Crippen molar-refractivity contribution < 1.29 is 4.79 Å². The monoisotopic (exact) mass is 407 g/mol. The molecule has 0 bridgehead atoms. The van der Waals surface area contributed by atoms with Gasteiger partial charge >= 0.3 is 0 Å². The number of para-hydroxylation sites is 1. The van der Waals surface area contributed by atoms with Crippen molar-refractivity contribution >= 4 is 34.1 Å². The summed E-state index contributed by atoms with van der Waals surface area (Å²) < 4.78 is 1.59. The average molecular weight is 407 g/mol. The van der Waals surface area contributed by atoms with Gasteiger partial charge in [-0.1, -0.05) is 35.9 Å². The van der Waals surface area contributed by atoms with Crippen LogP contribution in [0.1, 0.15) is 22.5 Å². The molecule has 5 heteroatoms. The molecule has 31 heavy (non-hydrogen) atoms. The number of carbonyl (C=O) groups excluding carboxylic acids is 1. The lowest BCUT2D eigenvalue weighted by Crippen LogP contribution is -2.23. The van der Waals surface area contributed by atoms with E-state index in [0.717, 1.165) is 28.1 Å². The smallest absolute Gasteiger partial charge is 0.266 e. The SMILES string of the molecule is Cc1cccc(-n2c(/C=C3\C(=O)N(C)c4ccc(C)cc43)nc3ccccc3c2=O)c1. The summed E-state index contributed by atoms with van der Waals surface area (Å²) in [4.78, 5) is 33.0. The number of rotatable bonds is 2. The van der Waals surface area contributed by atoms with Gasteiger partial charge < -0.3 is 4.90 Å². The minimum Gasteiger partial charge on any atom is -0.311 e. The Hall–Kier alpha value is -3.99. The molecule has 3 aromatic carbocycles. The minimum atomic E-state index is -0.161. The number of nitrogens with zero attached hydrogens (tertiary/aromatic N) is 3. The van der Waals surface area contributed by atoms with Gasteiger partial charge in [-0.15, -0.1) is 0 Å². The maximum absolute atomic E-state index is 13.5. The van der Waals surface area contributed by atoms with E-state index in [2.05, 4.69) is 0 Å². The summed E-state index contributed by atoms with van der Waals surface area (Å²) in [5.74, 6) is 0.319. The Morgan fingerprint density at radius 1 is 0.871 bits per heavy atom. The van der Waals surface area contributed by atoms with E-state index in [4.69, 9.17) is 4.98 Å². The van der Waals surface area contributed by atoms with Gasteiger partial charge in [0, 0.05) is 12.6 Å². The molecule has 0 saturated carbocycles. The van der Waals surface area contributed by atoms with Gasteiger partial charge in [-0.2, -0.15) is 0 Å². The quantitative estimate of drug-likeness (QED) is 0.459. The van der Waals surface area contributed by atoms with Crippen molar-refractivity contribution in [3.05, 3.63) is 99.6 Å². The van der Waals surface area contributed by atoms with E-state index in [1.807, 2.05) is 74.5 Å². The third kappa shape index (κ3) is 3.06. The van der Waals surface area contributed by atoms with Crippen LogP contribution in [0.2, 0.25) is 0 Å². The van der Waals surface area contributed by atoms with Crippen molar-refractivity contribution in [3.8, 4) is 5.69 Å². The number of hydrogen-bond donors (Lipinski definition) is 0. The Labute approximate surface area is 179 Å². The van der Waals surface area contributed by atoms with E-state index in [-0.39, 0.29) is 11.5 Å². The Morgan fingerprint density at radius 3 is 2.45 bits per heavy atom. The zero-order valence-corrected chi connectivity index (χ0v) is 17.6. The van der Waals surface area contributed by atoms with E-state index >= 15 is 0 Å². The number of aryl methyl sites for hydroxylation is 2. The molecule has 1 amide bonds. The van der Waals surface area contributed by atoms with Crippen molar-refractivity contribution in [2.24, 2.45) is 0 Å². The van der Waals surface area contributed by atoms with Crippen molar-refractivity contribution in [1.29, 1.82) is 0 Å². The maximum atomic E-state index is 13.5. The van der Waals surface area contributed by atoms with Crippen LogP contribution in [-0.4, -0.2) is 22.5 Å². The molecule has 0 spiro atoms. The second-order valence-electron chi connectivity index (χ2n) is 7.91. The van der Waals surface area contributed by atoms with Crippen LogP contribution in [0.3, 0.4) is 0 Å². The number of benzene rings is 3. The highest BCUT2D eigenvalue weighted by Crippen LogP contribution is 2.37. The van der Waals surface area contributed by atoms with Gasteiger partial charge in [-0.05, 0) is 61.9 Å². The third-order valence-corrected chi connectivity index (χ3v) is 5.67. The molecular weight excluding hydrogens is 386 g/mol. The van der Waals surface area contributed by atoms with Crippen LogP contribution < -0.4 is 10.5 Å². The summed E-state index contributed by atoms with van der Waals surface area (Å²) in [7, 11) is 1.76. The molecule has 0 N–H and O–H groups in total. The number of hydrogen-bond acceptors (Lipinski definition) is 3. The van der Waals surface area contributed by atoms with E-state index in [9.17, 15) is 9.59 Å². The highest BCUT2D eigenvalue weighted by atomic mass is 16.2. The number of anilines is 1. The molecule has 5 rings (SSSR count). The van der Waals surface area contributed by atoms with Gasteiger partial charge in [0.25, 0.3) is 11.5 Å². The van der Waals surface area contributed by atoms with Gasteiger partial charge in [-0.3, -0.25) is 14.2 Å². The second kappa shape index (κ2) is 7.06. The molecule has 0 fully saturated rings. The molecule has 4 aromatic rings. The molecule has 2 heterocycles. The number of carbonyl (C=O) groups is 1. The predicted molar refractivity (Wildman–Crippen MR) is 125 cm³/mol. The lowest BCUT2D eigenvalue weighted by atomic mass is 10.0. The predicted octanol–water partition coefficient (Wildman–Crippen LogP) is 4.52. The van der Waals surface area contributed by atoms with Crippen LogP contribution in [0.4, 0.5) is 5.69 Å². The number of amides is 1. The highest BCUT2D eigenvalue weighted by Gasteiger charge is 2.30. The zero-order chi connectivity index (χ0) is 21.7. The average Bonchev–Trinajstić information content (AvgIpc) is 2.98. The Kier molecular flexibility index (Phi) is 4.33. The van der Waals surface area contributed by atoms with Gasteiger partial charge in [-0.25, -0.2) is 4.98 Å². The van der Waals surface area contributed by atoms with Crippen molar-refractivity contribution in [3.63, 3.8) is 0 Å². The summed E-state index contributed by atoms with van der Waals surface area (Å²) in [6.07, 6.45) is 1.74. The standard InChI is InChI=1S/C26H21N3O2/c1-16-7-6-8-18(13-16)29-24(27-22-10-5-4-9-19(22)26(29)31)15-21-20-14-17(2)11-12-23(20)28(3)25(21)30/h4-15H,1-3H3/b21-15-. The van der Waals surface area contributed by atoms with E-state index < -0.39 is 0 Å². The lowest BCUT2D eigenvalue weighted by molar-refractivity contribution is -0.112. The number of fused-ring (bicyclic) bond motifs is 2. The molecule has 1 aromatic heterocycles. The van der Waals surface area contributed by atoms with Gasteiger partial charge in [0.1, 0.15) is 5.82 Å². The molecule has 5 nitrogen and oxygen atoms in total. The molecule has 0 aliphatic carbocycles. The zero-order valence-electron chi connectivity index (χ0n) is 17.6. The van der Waals surface area contributed by atoms with Crippen molar-refractivity contribution in [1.82, 2.24) is 9.55 Å². The van der Waals surface area contributed by atoms with E-state index in [1.54, 1.807) is 28.7 Å². The first kappa shape index (κ1) is 19.0. The normalized spacial score (nSPS) is 14.5. The summed E-state index contributed by atoms with van der Waals surface area (Å²) in [6, 6.07) is 20.9. The fourth-order valence-electron chi connectivity index (χ4n) is 4.10. The summed E-state index contributed by atoms with van der Waals surface area (Å²) >= 11 is 0. The number of aromatic nitrogens is 2. The molecule has 1 aliphatic heterocycles. The maximum Gasteiger partial charge on any atom is 0.266 e. The summed E-state index contributed by atoms with van der Waals surface area (Å²) in [6.45, 7) is 3.98. The van der Waals surface area contributed by atoms with Crippen LogP contribution in [0.15, 0.2) is 71.5 Å². The van der Waals surface area contributed by atoms with Gasteiger partial charge in [0.15, 0.2) is 0 Å². The number of likely N-dealkylation sites (N-methyl/N-ethyl adjacent to an activating group) is 1. The van der Waals surface area contributed by atoms with E-state index in [0.29, 0.717) is 22.3 Å². The van der Waals surface area contributed by atoms with Crippen LogP contribution in [0.25, 0.3) is 28.2 Å². The van der Waals surface area contributed by atoms with Crippen molar-refractivity contribution in [2.45, 2.75) is 13.8 Å². The first-order valence-electron chi connectivity index (χ1n) is 10.1. The molecule has 0 radical (unpaired) electrons. The van der Waals surface area contributed by atoms with E-state index in [1.165, 1.54) is 0 Å². The molecule has 0 saturated heterocycles. The fourth-order valence-corrected chi connectivity index (χ4v) is 4.10. The first-order valence-corrected chi connectivity index (χ1v) is 10.1. The first-order chi connectivity index (χ1) is 14.9. The second-order valence-corrected chi connectivity index (χ2v) is 7.91. The highest BCUT2D eigenvalue weighted by molar-refractivity contribution is 6.35. The Morgan fingerprint density at radius 2 is 1.65 bits per heavy atom. The van der Waals surface area contributed by atoms with Crippen molar-refractivity contribution in [2.75, 3.05) is 11.9 Å². The lowest BCUT2D eigenvalue weighted by Gasteiger charge is -2.13.